The Morgan fingerprint density at radius 3 is 2.13 bits per heavy atom. The fourth-order valence-corrected chi connectivity index (χ4v) is 3.07. The lowest BCUT2D eigenvalue weighted by atomic mass is 10.2. The summed E-state index contributed by atoms with van der Waals surface area (Å²) in [7, 11) is 0. The number of piperazine rings is 1. The average molecular weight is 428 g/mol. The van der Waals surface area contributed by atoms with Crippen molar-refractivity contribution < 1.29 is 38.2 Å². The molecule has 1 fully saturated rings. The topological polar surface area (TPSA) is 142 Å². The van der Waals surface area contributed by atoms with Gasteiger partial charge in [0.25, 0.3) is 5.91 Å². The molecule has 0 radical (unpaired) electrons. The van der Waals surface area contributed by atoms with Crippen LogP contribution in [0.3, 0.4) is 0 Å². The zero-order valence-corrected chi connectivity index (χ0v) is 16.4. The highest BCUT2D eigenvalue weighted by Crippen LogP contribution is 2.20. The predicted octanol–water partition coefficient (Wildman–Crippen LogP) is 1.82. The molecule has 2 N–H and O–H groups in total. The van der Waals surface area contributed by atoms with Gasteiger partial charge in [-0.1, -0.05) is 18.2 Å². The molecule has 0 aliphatic carbocycles. The summed E-state index contributed by atoms with van der Waals surface area (Å²) in [6.07, 6.45) is 1.50. The molecule has 10 heteroatoms. The lowest BCUT2D eigenvalue weighted by molar-refractivity contribution is -0.159. The number of fused-ring (bicyclic) bond motifs is 1. The number of carbonyl (C=O) groups is 4. The van der Waals surface area contributed by atoms with Gasteiger partial charge in [0, 0.05) is 31.6 Å². The van der Waals surface area contributed by atoms with Crippen molar-refractivity contribution in [3.05, 3.63) is 60.2 Å². The minimum Gasteiger partial charge on any atom is -0.473 e. The summed E-state index contributed by atoms with van der Waals surface area (Å²) in [6, 6.07) is 12.7. The van der Waals surface area contributed by atoms with Gasteiger partial charge in [-0.15, -0.1) is 0 Å². The van der Waals surface area contributed by atoms with E-state index in [4.69, 9.17) is 28.6 Å². The van der Waals surface area contributed by atoms with Gasteiger partial charge in [0.2, 0.25) is 5.78 Å². The first kappa shape index (κ1) is 21.8. The fraction of sp³-hybridized carbons (Fsp3) is 0.238. The largest absolute Gasteiger partial charge is 0.473 e. The highest BCUT2D eigenvalue weighted by molar-refractivity contribution is 6.27. The molecule has 162 valence electrons. The van der Waals surface area contributed by atoms with Crippen molar-refractivity contribution in [2.75, 3.05) is 32.7 Å². The van der Waals surface area contributed by atoms with Crippen LogP contribution in [0.5, 0.6) is 0 Å². The molecule has 4 rings (SSSR count). The van der Waals surface area contributed by atoms with Crippen molar-refractivity contribution in [1.29, 1.82) is 0 Å². The fourth-order valence-electron chi connectivity index (χ4n) is 3.07. The number of ketones is 1. The molecule has 0 unspecified atom stereocenters. The highest BCUT2D eigenvalue weighted by atomic mass is 16.4. The van der Waals surface area contributed by atoms with Crippen LogP contribution in [0, 0.1) is 0 Å². The number of benzene rings is 1. The Balaban J connectivity index is 0.000000401. The second-order valence-corrected chi connectivity index (χ2v) is 6.73. The molecule has 0 bridgehead atoms. The smallest absolute Gasteiger partial charge is 0.414 e. The van der Waals surface area contributed by atoms with Gasteiger partial charge in [0.05, 0.1) is 12.8 Å². The molecule has 0 atom stereocenters. The van der Waals surface area contributed by atoms with Gasteiger partial charge < -0.3 is 23.9 Å². The number of Topliss-reactive ketones (excluding diaryl/α,β-unsaturated/α-hetero) is 1. The standard InChI is InChI=1S/C19H18N2O4.C2H2O4/c22-15(17-6-3-11-24-17)13-20-7-9-21(10-8-20)19(23)18-12-14-4-1-2-5-16(14)25-18;3-1(4)2(5)6/h1-6,11-12H,7-10,13H2;(H,3,4)(H,5,6). The number of carboxylic acid groups (broad SMARTS) is 2. The second kappa shape index (κ2) is 9.72. The van der Waals surface area contributed by atoms with Crippen LogP contribution in [0.4, 0.5) is 0 Å². The van der Waals surface area contributed by atoms with Gasteiger partial charge in [-0.3, -0.25) is 14.5 Å². The van der Waals surface area contributed by atoms with E-state index in [1.165, 1.54) is 6.26 Å². The van der Waals surface area contributed by atoms with Crippen LogP contribution in [-0.2, 0) is 9.59 Å². The van der Waals surface area contributed by atoms with Crippen LogP contribution in [0.15, 0.2) is 57.6 Å². The Bertz CT molecular complexity index is 1030. The van der Waals surface area contributed by atoms with Crippen LogP contribution < -0.4 is 0 Å². The number of rotatable bonds is 4. The van der Waals surface area contributed by atoms with Crippen molar-refractivity contribution in [1.82, 2.24) is 9.80 Å². The predicted molar refractivity (Wildman–Crippen MR) is 107 cm³/mol. The highest BCUT2D eigenvalue weighted by Gasteiger charge is 2.26. The molecule has 2 aromatic heterocycles. The van der Waals surface area contributed by atoms with E-state index < -0.39 is 11.9 Å². The van der Waals surface area contributed by atoms with Crippen molar-refractivity contribution in [2.45, 2.75) is 0 Å². The Morgan fingerprint density at radius 1 is 0.871 bits per heavy atom. The zero-order chi connectivity index (χ0) is 22.4. The number of amides is 1. The maximum absolute atomic E-state index is 12.6. The second-order valence-electron chi connectivity index (χ2n) is 6.73. The van der Waals surface area contributed by atoms with Crippen molar-refractivity contribution in [3.8, 4) is 0 Å². The van der Waals surface area contributed by atoms with Gasteiger partial charge in [-0.05, 0) is 24.3 Å². The van der Waals surface area contributed by atoms with Gasteiger partial charge in [0.15, 0.2) is 11.5 Å². The Labute approximate surface area is 176 Å². The van der Waals surface area contributed by atoms with Crippen LogP contribution in [-0.4, -0.2) is 76.4 Å². The van der Waals surface area contributed by atoms with Crippen LogP contribution >= 0.6 is 0 Å². The first-order valence-corrected chi connectivity index (χ1v) is 9.38. The van der Waals surface area contributed by atoms with E-state index in [-0.39, 0.29) is 11.7 Å². The number of hydrogen-bond acceptors (Lipinski definition) is 7. The summed E-state index contributed by atoms with van der Waals surface area (Å²) in [5.41, 5.74) is 0.716. The van der Waals surface area contributed by atoms with Crippen molar-refractivity contribution in [3.63, 3.8) is 0 Å². The lowest BCUT2D eigenvalue weighted by Gasteiger charge is -2.33. The normalized spacial score (nSPS) is 14.0. The summed E-state index contributed by atoms with van der Waals surface area (Å²) in [4.78, 5) is 46.7. The molecule has 1 aliphatic heterocycles. The molecule has 1 saturated heterocycles. The van der Waals surface area contributed by atoms with E-state index in [9.17, 15) is 9.59 Å². The van der Waals surface area contributed by atoms with E-state index in [0.717, 1.165) is 5.39 Å². The SMILES string of the molecule is O=C(CN1CCN(C(=O)c2cc3ccccc3o2)CC1)c1ccco1.O=C(O)C(=O)O. The Hall–Kier alpha value is -3.92. The number of aliphatic carboxylic acids is 2. The summed E-state index contributed by atoms with van der Waals surface area (Å²) >= 11 is 0. The molecule has 0 saturated carbocycles. The molecular weight excluding hydrogens is 408 g/mol. The number of para-hydroxylation sites is 1. The zero-order valence-electron chi connectivity index (χ0n) is 16.4. The molecule has 3 heterocycles. The summed E-state index contributed by atoms with van der Waals surface area (Å²) in [5, 5.41) is 15.7. The van der Waals surface area contributed by atoms with E-state index in [1.807, 2.05) is 29.2 Å². The van der Waals surface area contributed by atoms with Crippen molar-refractivity contribution >= 4 is 34.6 Å². The maximum atomic E-state index is 12.6. The van der Waals surface area contributed by atoms with E-state index in [1.54, 1.807) is 23.1 Å². The lowest BCUT2D eigenvalue weighted by Crippen LogP contribution is -2.49. The van der Waals surface area contributed by atoms with E-state index in [0.29, 0.717) is 49.8 Å². The van der Waals surface area contributed by atoms with Crippen LogP contribution in [0.2, 0.25) is 0 Å². The Morgan fingerprint density at radius 2 is 1.55 bits per heavy atom. The molecule has 1 aromatic carbocycles. The molecule has 31 heavy (non-hydrogen) atoms. The third-order valence-electron chi connectivity index (χ3n) is 4.64. The molecule has 1 aliphatic rings. The van der Waals surface area contributed by atoms with Gasteiger partial charge in [0.1, 0.15) is 5.58 Å². The quantitative estimate of drug-likeness (QED) is 0.470. The molecular formula is C21H20N2O8. The first-order valence-electron chi connectivity index (χ1n) is 9.38. The van der Waals surface area contributed by atoms with Gasteiger partial charge in [-0.2, -0.15) is 0 Å². The summed E-state index contributed by atoms with van der Waals surface area (Å²) < 4.78 is 10.8. The molecule has 1 amide bonds. The number of hydrogen-bond donors (Lipinski definition) is 2. The molecule has 10 nitrogen and oxygen atoms in total. The monoisotopic (exact) mass is 428 g/mol. The Kier molecular flexibility index (Phi) is 6.83. The van der Waals surface area contributed by atoms with E-state index in [2.05, 4.69) is 0 Å². The summed E-state index contributed by atoms with van der Waals surface area (Å²) in [6.45, 7) is 2.75. The minimum atomic E-state index is -1.82. The molecule has 0 spiro atoms. The molecule has 3 aromatic rings. The third kappa shape index (κ3) is 5.58. The first-order chi connectivity index (χ1) is 14.8. The maximum Gasteiger partial charge on any atom is 0.414 e. The van der Waals surface area contributed by atoms with E-state index >= 15 is 0 Å². The van der Waals surface area contributed by atoms with Gasteiger partial charge in [-0.25, -0.2) is 9.59 Å². The van der Waals surface area contributed by atoms with Crippen molar-refractivity contribution in [2.24, 2.45) is 0 Å². The number of furan rings is 2. The third-order valence-corrected chi connectivity index (χ3v) is 4.64. The number of nitrogens with zero attached hydrogens (tertiary/aromatic N) is 2. The van der Waals surface area contributed by atoms with Crippen LogP contribution in [0.25, 0.3) is 11.0 Å². The minimum absolute atomic E-state index is 0.0398. The average Bonchev–Trinajstić information content (AvgIpc) is 3.44. The van der Waals surface area contributed by atoms with Crippen LogP contribution in [0.1, 0.15) is 21.1 Å². The summed E-state index contributed by atoms with van der Waals surface area (Å²) in [5.74, 6) is -3.05. The number of carboxylic acids is 2. The number of carbonyl (C=O) groups excluding carboxylic acids is 2. The van der Waals surface area contributed by atoms with Gasteiger partial charge >= 0.3 is 11.9 Å².